The van der Waals surface area contributed by atoms with Gasteiger partial charge in [0.15, 0.2) is 0 Å². The van der Waals surface area contributed by atoms with E-state index in [1.54, 1.807) is 0 Å². The van der Waals surface area contributed by atoms with Gasteiger partial charge in [0, 0.05) is 31.0 Å². The first-order chi connectivity index (χ1) is 10.5. The number of nitrogen functional groups attached to an aromatic ring is 1. The predicted octanol–water partition coefficient (Wildman–Crippen LogP) is 1.96. The molecule has 3 N–H and O–H groups in total. The van der Waals surface area contributed by atoms with E-state index < -0.39 is 0 Å². The quantitative estimate of drug-likeness (QED) is 0.633. The van der Waals surface area contributed by atoms with E-state index in [9.17, 15) is 4.79 Å². The van der Waals surface area contributed by atoms with E-state index in [0.717, 1.165) is 29.8 Å². The molecule has 1 amide bonds. The molecule has 0 saturated carbocycles. The summed E-state index contributed by atoms with van der Waals surface area (Å²) in [6.45, 7) is 1.64. The molecule has 0 fully saturated rings. The van der Waals surface area contributed by atoms with Crippen LogP contribution in [0.25, 0.3) is 11.1 Å². The standard InChI is InChI=1S/C17H24N4O/c1-20(2)10-4-9-19-17(22)16-11-14(12-21(16)3)13-5-7-15(18)8-6-13/h5-8,11-12H,4,9-10,18H2,1-3H3,(H,19,22). The highest BCUT2D eigenvalue weighted by Crippen LogP contribution is 2.22. The van der Waals surface area contributed by atoms with Gasteiger partial charge < -0.3 is 20.5 Å². The molecule has 1 aromatic carbocycles. The number of rotatable bonds is 6. The summed E-state index contributed by atoms with van der Waals surface area (Å²) in [5.74, 6) is -0.0389. The largest absolute Gasteiger partial charge is 0.399 e. The lowest BCUT2D eigenvalue weighted by Crippen LogP contribution is -2.28. The van der Waals surface area contributed by atoms with Crippen LogP contribution in [0.15, 0.2) is 36.5 Å². The van der Waals surface area contributed by atoms with Gasteiger partial charge in [0.05, 0.1) is 0 Å². The molecule has 5 heteroatoms. The molecule has 0 aliphatic rings. The van der Waals surface area contributed by atoms with Crippen LogP contribution in [0.3, 0.4) is 0 Å². The van der Waals surface area contributed by atoms with Crippen LogP contribution in [0.1, 0.15) is 16.9 Å². The number of nitrogens with zero attached hydrogens (tertiary/aromatic N) is 2. The van der Waals surface area contributed by atoms with E-state index in [0.29, 0.717) is 12.2 Å². The van der Waals surface area contributed by atoms with E-state index in [-0.39, 0.29) is 5.91 Å². The van der Waals surface area contributed by atoms with Crippen molar-refractivity contribution in [3.63, 3.8) is 0 Å². The number of carbonyl (C=O) groups excluding carboxylic acids is 1. The number of aryl methyl sites for hydroxylation is 1. The van der Waals surface area contributed by atoms with Crippen molar-refractivity contribution in [2.45, 2.75) is 6.42 Å². The lowest BCUT2D eigenvalue weighted by molar-refractivity contribution is 0.0944. The summed E-state index contributed by atoms with van der Waals surface area (Å²) in [7, 11) is 5.94. The van der Waals surface area contributed by atoms with Crippen LogP contribution in [0.5, 0.6) is 0 Å². The molecule has 5 nitrogen and oxygen atoms in total. The first-order valence-corrected chi connectivity index (χ1v) is 7.42. The van der Waals surface area contributed by atoms with Crippen LogP contribution in [-0.2, 0) is 7.05 Å². The Hall–Kier alpha value is -2.27. The monoisotopic (exact) mass is 300 g/mol. The Balaban J connectivity index is 2.03. The van der Waals surface area contributed by atoms with Crippen molar-refractivity contribution in [2.75, 3.05) is 32.9 Å². The van der Waals surface area contributed by atoms with E-state index >= 15 is 0 Å². The molecule has 0 radical (unpaired) electrons. The summed E-state index contributed by atoms with van der Waals surface area (Å²) in [5, 5.41) is 2.96. The summed E-state index contributed by atoms with van der Waals surface area (Å²) < 4.78 is 1.85. The van der Waals surface area contributed by atoms with Gasteiger partial charge in [-0.2, -0.15) is 0 Å². The van der Waals surface area contributed by atoms with Crippen LogP contribution in [0.2, 0.25) is 0 Å². The summed E-state index contributed by atoms with van der Waals surface area (Å²) in [6.07, 6.45) is 2.90. The molecule has 0 aliphatic heterocycles. The second-order valence-corrected chi connectivity index (χ2v) is 5.76. The highest BCUT2D eigenvalue weighted by atomic mass is 16.1. The topological polar surface area (TPSA) is 63.3 Å². The van der Waals surface area contributed by atoms with Gasteiger partial charge in [0.2, 0.25) is 0 Å². The van der Waals surface area contributed by atoms with Crippen molar-refractivity contribution in [3.05, 3.63) is 42.2 Å². The van der Waals surface area contributed by atoms with Gasteiger partial charge in [-0.05, 0) is 50.8 Å². The van der Waals surface area contributed by atoms with Crippen molar-refractivity contribution in [1.29, 1.82) is 0 Å². The summed E-state index contributed by atoms with van der Waals surface area (Å²) in [4.78, 5) is 14.3. The lowest BCUT2D eigenvalue weighted by atomic mass is 10.1. The normalized spacial score (nSPS) is 10.9. The van der Waals surface area contributed by atoms with Crippen LogP contribution in [0, 0.1) is 0 Å². The van der Waals surface area contributed by atoms with Crippen LogP contribution in [-0.4, -0.2) is 42.6 Å². The number of amides is 1. The molecule has 2 aromatic rings. The van der Waals surface area contributed by atoms with Crippen LogP contribution >= 0.6 is 0 Å². The average molecular weight is 300 g/mol. The first kappa shape index (κ1) is 16.1. The first-order valence-electron chi connectivity index (χ1n) is 7.42. The number of anilines is 1. The van der Waals surface area contributed by atoms with Gasteiger partial charge in [-0.3, -0.25) is 4.79 Å². The maximum absolute atomic E-state index is 12.2. The van der Waals surface area contributed by atoms with Gasteiger partial charge >= 0.3 is 0 Å². The fraction of sp³-hybridized carbons (Fsp3) is 0.353. The Morgan fingerprint density at radius 2 is 1.91 bits per heavy atom. The molecule has 0 spiro atoms. The summed E-state index contributed by atoms with van der Waals surface area (Å²) in [5.41, 5.74) is 9.17. The number of nitrogens with two attached hydrogens (primary N) is 1. The third kappa shape index (κ3) is 4.11. The second-order valence-electron chi connectivity index (χ2n) is 5.76. The Bertz CT molecular complexity index is 629. The molecular formula is C17H24N4O. The van der Waals surface area contributed by atoms with Gasteiger partial charge in [0.25, 0.3) is 5.91 Å². The molecule has 118 valence electrons. The highest BCUT2D eigenvalue weighted by molar-refractivity contribution is 5.94. The van der Waals surface area contributed by atoms with Crippen molar-refractivity contribution in [1.82, 2.24) is 14.8 Å². The number of nitrogens with one attached hydrogen (secondary N) is 1. The molecular weight excluding hydrogens is 276 g/mol. The minimum Gasteiger partial charge on any atom is -0.399 e. The summed E-state index contributed by atoms with van der Waals surface area (Å²) >= 11 is 0. The van der Waals surface area contributed by atoms with Crippen LogP contribution in [0.4, 0.5) is 5.69 Å². The molecule has 2 rings (SSSR count). The Labute approximate surface area is 131 Å². The third-order valence-corrected chi connectivity index (χ3v) is 3.55. The van der Waals surface area contributed by atoms with Crippen molar-refractivity contribution in [3.8, 4) is 11.1 Å². The molecule has 1 heterocycles. The zero-order valence-electron chi connectivity index (χ0n) is 13.5. The molecule has 0 unspecified atom stereocenters. The maximum atomic E-state index is 12.2. The fourth-order valence-electron chi connectivity index (χ4n) is 2.31. The van der Waals surface area contributed by atoms with E-state index in [4.69, 9.17) is 5.73 Å². The van der Waals surface area contributed by atoms with E-state index in [1.807, 2.05) is 62.2 Å². The van der Waals surface area contributed by atoms with Gasteiger partial charge in [-0.25, -0.2) is 0 Å². The number of benzene rings is 1. The minimum absolute atomic E-state index is 0.0389. The average Bonchev–Trinajstić information content (AvgIpc) is 2.86. The van der Waals surface area contributed by atoms with E-state index in [1.165, 1.54) is 0 Å². The van der Waals surface area contributed by atoms with Crippen molar-refractivity contribution >= 4 is 11.6 Å². The summed E-state index contributed by atoms with van der Waals surface area (Å²) in [6, 6.07) is 9.56. The van der Waals surface area contributed by atoms with Crippen LogP contribution < -0.4 is 11.1 Å². The Kier molecular flexibility index (Phi) is 5.22. The molecule has 0 aliphatic carbocycles. The minimum atomic E-state index is -0.0389. The Morgan fingerprint density at radius 1 is 1.23 bits per heavy atom. The SMILES string of the molecule is CN(C)CCCNC(=O)c1cc(-c2ccc(N)cc2)cn1C. The maximum Gasteiger partial charge on any atom is 0.267 e. The zero-order valence-corrected chi connectivity index (χ0v) is 13.5. The number of hydrogen-bond acceptors (Lipinski definition) is 3. The lowest BCUT2D eigenvalue weighted by Gasteiger charge is -2.10. The van der Waals surface area contributed by atoms with Gasteiger partial charge in [-0.1, -0.05) is 12.1 Å². The second kappa shape index (κ2) is 7.13. The molecule has 0 bridgehead atoms. The highest BCUT2D eigenvalue weighted by Gasteiger charge is 2.12. The molecule has 1 aromatic heterocycles. The van der Waals surface area contributed by atoms with Crippen molar-refractivity contribution < 1.29 is 4.79 Å². The van der Waals surface area contributed by atoms with Crippen molar-refractivity contribution in [2.24, 2.45) is 7.05 Å². The molecule has 22 heavy (non-hydrogen) atoms. The number of carbonyl (C=O) groups is 1. The Morgan fingerprint density at radius 3 is 2.55 bits per heavy atom. The fourth-order valence-corrected chi connectivity index (χ4v) is 2.31. The predicted molar refractivity (Wildman–Crippen MR) is 90.8 cm³/mol. The van der Waals surface area contributed by atoms with Gasteiger partial charge in [0.1, 0.15) is 5.69 Å². The third-order valence-electron chi connectivity index (χ3n) is 3.55. The van der Waals surface area contributed by atoms with Gasteiger partial charge in [-0.15, -0.1) is 0 Å². The number of hydrogen-bond donors (Lipinski definition) is 2. The number of aromatic nitrogens is 1. The molecule has 0 saturated heterocycles. The molecule has 0 atom stereocenters. The zero-order chi connectivity index (χ0) is 16.1. The smallest absolute Gasteiger partial charge is 0.267 e. The van der Waals surface area contributed by atoms with E-state index in [2.05, 4.69) is 10.2 Å².